The Balaban J connectivity index is 1.87. The Kier molecular flexibility index (Phi) is 6.84. The molecule has 2 rings (SSSR count). The molecule has 1 aromatic rings. The van der Waals surface area contributed by atoms with Gasteiger partial charge in [0.2, 0.25) is 5.91 Å². The zero-order chi connectivity index (χ0) is 19.2. The van der Waals surface area contributed by atoms with Crippen LogP contribution in [0.5, 0.6) is 5.75 Å². The molecule has 3 amide bonds. The van der Waals surface area contributed by atoms with Crippen LogP contribution in [0.15, 0.2) is 24.3 Å². The molecular formula is C17H22F3N3O3. The van der Waals surface area contributed by atoms with Gasteiger partial charge in [0, 0.05) is 6.04 Å². The molecule has 2 N–H and O–H groups in total. The van der Waals surface area contributed by atoms with Crippen molar-refractivity contribution in [1.82, 2.24) is 15.5 Å². The molecule has 1 aliphatic rings. The lowest BCUT2D eigenvalue weighted by Crippen LogP contribution is -2.46. The van der Waals surface area contributed by atoms with Crippen molar-refractivity contribution in [2.45, 2.75) is 32.0 Å². The van der Waals surface area contributed by atoms with Crippen LogP contribution in [-0.2, 0) is 4.79 Å². The Labute approximate surface area is 149 Å². The predicted octanol–water partition coefficient (Wildman–Crippen LogP) is 2.61. The maximum Gasteiger partial charge on any atom is 0.405 e. The first-order chi connectivity index (χ1) is 12.3. The molecule has 1 aromatic carbocycles. The Morgan fingerprint density at radius 1 is 1.27 bits per heavy atom. The predicted molar refractivity (Wildman–Crippen MR) is 88.8 cm³/mol. The van der Waals surface area contributed by atoms with Crippen molar-refractivity contribution in [2.24, 2.45) is 0 Å². The number of alkyl halides is 3. The van der Waals surface area contributed by atoms with E-state index in [9.17, 15) is 22.8 Å². The number of benzene rings is 1. The summed E-state index contributed by atoms with van der Waals surface area (Å²) in [4.78, 5) is 25.2. The Bertz CT molecular complexity index is 620. The summed E-state index contributed by atoms with van der Waals surface area (Å²) in [5, 5.41) is 3.54. The van der Waals surface area contributed by atoms with Gasteiger partial charge >= 0.3 is 12.2 Å². The van der Waals surface area contributed by atoms with Crippen molar-refractivity contribution in [1.29, 1.82) is 0 Å². The Morgan fingerprint density at radius 2 is 1.96 bits per heavy atom. The number of carbonyl (C=O) groups excluding carboxylic acids is 2. The SMILES string of the molecule is CCOc1ccc(C2CCCN2CC(=O)NC(=O)NCC(F)(F)F)cc1. The summed E-state index contributed by atoms with van der Waals surface area (Å²) in [6.07, 6.45) is -2.76. The van der Waals surface area contributed by atoms with Crippen LogP contribution >= 0.6 is 0 Å². The fourth-order valence-electron chi connectivity index (χ4n) is 2.92. The van der Waals surface area contributed by atoms with E-state index >= 15 is 0 Å². The maximum atomic E-state index is 12.1. The van der Waals surface area contributed by atoms with Crippen LogP contribution in [-0.4, -0.2) is 49.3 Å². The lowest BCUT2D eigenvalue weighted by atomic mass is 10.0. The molecule has 1 unspecified atom stereocenters. The van der Waals surface area contributed by atoms with Crippen molar-refractivity contribution >= 4 is 11.9 Å². The number of hydrogen-bond acceptors (Lipinski definition) is 4. The quantitative estimate of drug-likeness (QED) is 0.804. The molecule has 0 radical (unpaired) electrons. The molecular weight excluding hydrogens is 351 g/mol. The summed E-state index contributed by atoms with van der Waals surface area (Å²) in [5.74, 6) is 0.127. The molecule has 6 nitrogen and oxygen atoms in total. The molecule has 9 heteroatoms. The molecule has 0 bridgehead atoms. The summed E-state index contributed by atoms with van der Waals surface area (Å²) < 4.78 is 41.6. The minimum absolute atomic E-state index is 0.0228. The second-order valence-electron chi connectivity index (χ2n) is 5.98. The number of halogens is 3. The van der Waals surface area contributed by atoms with Crippen molar-refractivity contribution in [3.63, 3.8) is 0 Å². The van der Waals surface area contributed by atoms with Gasteiger partial charge in [0.25, 0.3) is 0 Å². The van der Waals surface area contributed by atoms with Gasteiger partial charge in [-0.2, -0.15) is 13.2 Å². The first-order valence-electron chi connectivity index (χ1n) is 8.39. The average Bonchev–Trinajstić information content (AvgIpc) is 3.01. The molecule has 1 saturated heterocycles. The number of nitrogens with one attached hydrogen (secondary N) is 2. The molecule has 1 aliphatic heterocycles. The number of ether oxygens (including phenoxy) is 1. The number of imide groups is 1. The monoisotopic (exact) mass is 373 g/mol. The van der Waals surface area contributed by atoms with E-state index in [4.69, 9.17) is 4.74 Å². The summed E-state index contributed by atoms with van der Waals surface area (Å²) in [6.45, 7) is 1.61. The van der Waals surface area contributed by atoms with Crippen LogP contribution < -0.4 is 15.4 Å². The standard InChI is InChI=1S/C17H22F3N3O3/c1-2-26-13-7-5-12(6-8-13)14-4-3-9-23(14)10-15(24)22-16(25)21-11-17(18,19)20/h5-8,14H,2-4,9-11H2,1H3,(H2,21,22,24,25). The molecule has 1 fully saturated rings. The molecule has 1 heterocycles. The van der Waals surface area contributed by atoms with Crippen molar-refractivity contribution < 1.29 is 27.5 Å². The lowest BCUT2D eigenvalue weighted by molar-refractivity contribution is -0.125. The third-order valence-corrected chi connectivity index (χ3v) is 3.99. The second kappa shape index (κ2) is 8.88. The highest BCUT2D eigenvalue weighted by atomic mass is 19.4. The third kappa shape index (κ3) is 6.21. The minimum Gasteiger partial charge on any atom is -0.494 e. The molecule has 0 aromatic heterocycles. The smallest absolute Gasteiger partial charge is 0.405 e. The van der Waals surface area contributed by atoms with Crippen molar-refractivity contribution in [3.8, 4) is 5.75 Å². The molecule has 0 aliphatic carbocycles. The zero-order valence-electron chi connectivity index (χ0n) is 14.4. The topological polar surface area (TPSA) is 70.7 Å². The van der Waals surface area contributed by atoms with Crippen LogP contribution in [0.2, 0.25) is 0 Å². The number of likely N-dealkylation sites (tertiary alicyclic amines) is 1. The number of urea groups is 1. The van der Waals surface area contributed by atoms with Crippen molar-refractivity contribution in [3.05, 3.63) is 29.8 Å². The van der Waals surface area contributed by atoms with Crippen LogP contribution in [0.3, 0.4) is 0 Å². The largest absolute Gasteiger partial charge is 0.494 e. The van der Waals surface area contributed by atoms with Gasteiger partial charge in [0.15, 0.2) is 0 Å². The summed E-state index contributed by atoms with van der Waals surface area (Å²) in [5.41, 5.74) is 1.03. The second-order valence-corrected chi connectivity index (χ2v) is 5.98. The average molecular weight is 373 g/mol. The van der Waals surface area contributed by atoms with Crippen LogP contribution in [0.4, 0.5) is 18.0 Å². The van der Waals surface area contributed by atoms with Gasteiger partial charge in [0.05, 0.1) is 13.2 Å². The molecule has 144 valence electrons. The highest BCUT2D eigenvalue weighted by molar-refractivity contribution is 5.95. The van der Waals surface area contributed by atoms with Gasteiger partial charge in [-0.25, -0.2) is 4.79 Å². The number of hydrogen-bond donors (Lipinski definition) is 2. The van der Waals surface area contributed by atoms with E-state index in [1.165, 1.54) is 0 Å². The van der Waals surface area contributed by atoms with Gasteiger partial charge < -0.3 is 10.1 Å². The Morgan fingerprint density at radius 3 is 2.58 bits per heavy atom. The molecule has 0 saturated carbocycles. The van der Waals surface area contributed by atoms with Gasteiger partial charge in [-0.15, -0.1) is 0 Å². The van der Waals surface area contributed by atoms with Crippen LogP contribution in [0.25, 0.3) is 0 Å². The number of amides is 3. The first-order valence-corrected chi connectivity index (χ1v) is 8.39. The maximum absolute atomic E-state index is 12.1. The summed E-state index contributed by atoms with van der Waals surface area (Å²) in [7, 11) is 0. The van der Waals surface area contributed by atoms with E-state index in [-0.39, 0.29) is 12.6 Å². The normalized spacial score (nSPS) is 17.8. The van der Waals surface area contributed by atoms with E-state index in [0.717, 1.165) is 24.2 Å². The van der Waals surface area contributed by atoms with E-state index in [0.29, 0.717) is 13.2 Å². The minimum atomic E-state index is -4.52. The number of nitrogens with zero attached hydrogens (tertiary/aromatic N) is 1. The fraction of sp³-hybridized carbons (Fsp3) is 0.529. The van der Waals surface area contributed by atoms with E-state index < -0.39 is 24.7 Å². The van der Waals surface area contributed by atoms with Gasteiger partial charge in [0.1, 0.15) is 12.3 Å². The van der Waals surface area contributed by atoms with E-state index in [2.05, 4.69) is 0 Å². The molecule has 0 spiro atoms. The van der Waals surface area contributed by atoms with Gasteiger partial charge in [-0.3, -0.25) is 15.0 Å². The summed E-state index contributed by atoms with van der Waals surface area (Å²) >= 11 is 0. The fourth-order valence-corrected chi connectivity index (χ4v) is 2.92. The highest BCUT2D eigenvalue weighted by Gasteiger charge is 2.30. The Hall–Kier alpha value is -2.29. The van der Waals surface area contributed by atoms with E-state index in [1.54, 1.807) is 5.32 Å². The van der Waals surface area contributed by atoms with Crippen LogP contribution in [0.1, 0.15) is 31.4 Å². The highest BCUT2D eigenvalue weighted by Crippen LogP contribution is 2.32. The molecule has 26 heavy (non-hydrogen) atoms. The van der Waals surface area contributed by atoms with Gasteiger partial charge in [-0.05, 0) is 44.0 Å². The lowest BCUT2D eigenvalue weighted by Gasteiger charge is -2.24. The third-order valence-electron chi connectivity index (χ3n) is 3.99. The van der Waals surface area contributed by atoms with Gasteiger partial charge in [-0.1, -0.05) is 12.1 Å². The summed E-state index contributed by atoms with van der Waals surface area (Å²) in [6, 6.07) is 6.46. The van der Waals surface area contributed by atoms with Crippen LogP contribution in [0, 0.1) is 0 Å². The van der Waals surface area contributed by atoms with E-state index in [1.807, 2.05) is 41.4 Å². The zero-order valence-corrected chi connectivity index (χ0v) is 14.4. The molecule has 1 atom stereocenters. The first kappa shape index (κ1) is 20.0. The number of carbonyl (C=O) groups is 2. The van der Waals surface area contributed by atoms with Crippen molar-refractivity contribution in [2.75, 3.05) is 26.2 Å². The number of rotatable bonds is 6.